The van der Waals surface area contributed by atoms with Gasteiger partial charge in [0.1, 0.15) is 0 Å². The molecule has 0 atom stereocenters. The van der Waals surface area contributed by atoms with Crippen LogP contribution < -0.4 is 9.21 Å². The van der Waals surface area contributed by atoms with Gasteiger partial charge in [-0.15, -0.1) is 0 Å². The van der Waals surface area contributed by atoms with E-state index in [1.54, 1.807) is 35.2 Å². The zero-order chi connectivity index (χ0) is 20.1. The van der Waals surface area contributed by atoms with E-state index in [0.29, 0.717) is 25.8 Å². The Hall–Kier alpha value is -2.87. The highest BCUT2D eigenvalue weighted by molar-refractivity contribution is 7.92. The Morgan fingerprint density at radius 2 is 1.79 bits per heavy atom. The molecule has 0 aliphatic carbocycles. The van der Waals surface area contributed by atoms with Crippen LogP contribution in [0.3, 0.4) is 0 Å². The van der Waals surface area contributed by atoms with Gasteiger partial charge in [0, 0.05) is 20.0 Å². The summed E-state index contributed by atoms with van der Waals surface area (Å²) in [7, 11) is -1.22. The summed E-state index contributed by atoms with van der Waals surface area (Å²) in [6, 6.07) is 9.72. The Kier molecular flexibility index (Phi) is 4.38. The molecule has 4 rings (SSSR count). The van der Waals surface area contributed by atoms with Gasteiger partial charge in [0.15, 0.2) is 0 Å². The van der Waals surface area contributed by atoms with Gasteiger partial charge in [-0.3, -0.25) is 9.10 Å². The molecule has 28 heavy (non-hydrogen) atoms. The zero-order valence-corrected chi connectivity index (χ0v) is 16.5. The van der Waals surface area contributed by atoms with Gasteiger partial charge in [-0.05, 0) is 48.2 Å². The number of hydrogen-bond donors (Lipinski definition) is 0. The largest absolute Gasteiger partial charge is 0.465 e. The average Bonchev–Trinajstić information content (AvgIpc) is 3.15. The molecule has 0 fully saturated rings. The van der Waals surface area contributed by atoms with Crippen molar-refractivity contribution in [1.29, 1.82) is 0 Å². The fourth-order valence-corrected chi connectivity index (χ4v) is 5.21. The molecule has 2 aliphatic rings. The third-order valence-corrected chi connectivity index (χ3v) is 7.08. The molecule has 146 valence electrons. The first-order valence-electron chi connectivity index (χ1n) is 8.97. The highest BCUT2D eigenvalue weighted by Crippen LogP contribution is 2.39. The molecular weight excluding hydrogens is 380 g/mol. The lowest BCUT2D eigenvalue weighted by atomic mass is 10.00. The maximum atomic E-state index is 13.3. The number of benzene rings is 2. The first-order chi connectivity index (χ1) is 13.3. The summed E-state index contributed by atoms with van der Waals surface area (Å²) in [6.45, 7) is 0.589. The molecule has 0 bridgehead atoms. The van der Waals surface area contributed by atoms with Gasteiger partial charge in [0.25, 0.3) is 10.0 Å². The normalized spacial score (nSPS) is 15.4. The molecule has 0 unspecified atom stereocenters. The minimum Gasteiger partial charge on any atom is -0.465 e. The van der Waals surface area contributed by atoms with Crippen LogP contribution in [-0.2, 0) is 32.4 Å². The van der Waals surface area contributed by atoms with Crippen LogP contribution in [0.4, 0.5) is 11.4 Å². The monoisotopic (exact) mass is 400 g/mol. The second-order valence-corrected chi connectivity index (χ2v) is 8.84. The Morgan fingerprint density at radius 1 is 1.11 bits per heavy atom. The van der Waals surface area contributed by atoms with Crippen molar-refractivity contribution >= 4 is 33.3 Å². The molecule has 0 saturated carbocycles. The second-order valence-electron chi connectivity index (χ2n) is 6.87. The second kappa shape index (κ2) is 6.63. The molecule has 0 N–H and O–H groups in total. The van der Waals surface area contributed by atoms with E-state index in [9.17, 15) is 18.0 Å². The quantitative estimate of drug-likeness (QED) is 0.734. The number of nitrogens with zero attached hydrogens (tertiary/aromatic N) is 2. The van der Waals surface area contributed by atoms with Crippen LogP contribution in [0.5, 0.6) is 0 Å². The topological polar surface area (TPSA) is 84.0 Å². The number of para-hydroxylation sites is 1. The average molecular weight is 400 g/mol. The summed E-state index contributed by atoms with van der Waals surface area (Å²) in [6.07, 6.45) is 1.56. The standard InChI is InChI=1S/C20H20N2O5S/c1-21(17-6-4-3-5-16(17)20(24)27-2)28(25,26)15-11-13-7-8-18(23)22-10-9-14(12-15)19(13)22/h3-6,11-12H,7-10H2,1-2H3. The van der Waals surface area contributed by atoms with Crippen LogP contribution in [0.15, 0.2) is 41.3 Å². The fraction of sp³-hybridized carbons (Fsp3) is 0.300. The number of hydrogen-bond acceptors (Lipinski definition) is 5. The van der Waals surface area contributed by atoms with Gasteiger partial charge in [-0.25, -0.2) is 13.2 Å². The van der Waals surface area contributed by atoms with Gasteiger partial charge in [-0.1, -0.05) is 12.1 Å². The van der Waals surface area contributed by atoms with Crippen molar-refractivity contribution in [3.8, 4) is 0 Å². The van der Waals surface area contributed by atoms with E-state index in [4.69, 9.17) is 4.74 Å². The van der Waals surface area contributed by atoms with E-state index in [0.717, 1.165) is 21.1 Å². The summed E-state index contributed by atoms with van der Waals surface area (Å²) in [5, 5.41) is 0. The van der Waals surface area contributed by atoms with Crippen molar-refractivity contribution in [2.75, 3.05) is 29.9 Å². The molecule has 0 spiro atoms. The number of sulfonamides is 1. The van der Waals surface area contributed by atoms with E-state index < -0.39 is 16.0 Å². The number of esters is 1. The Labute approximate surface area is 163 Å². The number of aryl methyl sites for hydroxylation is 1. The molecule has 0 aromatic heterocycles. The lowest BCUT2D eigenvalue weighted by Gasteiger charge is -2.27. The van der Waals surface area contributed by atoms with E-state index in [2.05, 4.69) is 0 Å². The molecule has 2 aromatic carbocycles. The summed E-state index contributed by atoms with van der Waals surface area (Å²) < 4.78 is 32.5. The Morgan fingerprint density at radius 3 is 2.50 bits per heavy atom. The predicted octanol–water partition coefficient (Wildman–Crippen LogP) is 2.13. The van der Waals surface area contributed by atoms with Crippen LogP contribution in [0.25, 0.3) is 0 Å². The van der Waals surface area contributed by atoms with Crippen LogP contribution in [0.1, 0.15) is 27.9 Å². The minimum atomic E-state index is -3.90. The first kappa shape index (κ1) is 18.5. The molecule has 2 aromatic rings. The minimum absolute atomic E-state index is 0.0889. The predicted molar refractivity (Wildman–Crippen MR) is 104 cm³/mol. The summed E-state index contributed by atoms with van der Waals surface area (Å²) in [4.78, 5) is 26.0. The van der Waals surface area contributed by atoms with E-state index in [1.807, 2.05) is 0 Å². The molecule has 0 radical (unpaired) electrons. The zero-order valence-electron chi connectivity index (χ0n) is 15.6. The van der Waals surface area contributed by atoms with Crippen LogP contribution >= 0.6 is 0 Å². The van der Waals surface area contributed by atoms with Crippen molar-refractivity contribution in [3.63, 3.8) is 0 Å². The lowest BCUT2D eigenvalue weighted by Crippen LogP contribution is -2.33. The van der Waals surface area contributed by atoms with Gasteiger partial charge < -0.3 is 9.64 Å². The maximum Gasteiger partial charge on any atom is 0.340 e. The molecular formula is C20H20N2O5S. The number of methoxy groups -OCH3 is 1. The van der Waals surface area contributed by atoms with Crippen LogP contribution in [-0.4, -0.2) is 41.0 Å². The number of ether oxygens (including phenoxy) is 1. The van der Waals surface area contributed by atoms with Crippen LogP contribution in [0, 0.1) is 0 Å². The van der Waals surface area contributed by atoms with Crippen molar-refractivity contribution < 1.29 is 22.7 Å². The summed E-state index contributed by atoms with van der Waals surface area (Å²) in [5.74, 6) is -0.512. The van der Waals surface area contributed by atoms with Crippen molar-refractivity contribution in [2.24, 2.45) is 0 Å². The van der Waals surface area contributed by atoms with Gasteiger partial charge in [-0.2, -0.15) is 0 Å². The van der Waals surface area contributed by atoms with Crippen LogP contribution in [0.2, 0.25) is 0 Å². The van der Waals surface area contributed by atoms with Gasteiger partial charge >= 0.3 is 5.97 Å². The van der Waals surface area contributed by atoms with Gasteiger partial charge in [0.2, 0.25) is 5.91 Å². The summed E-state index contributed by atoms with van der Waals surface area (Å²) in [5.41, 5.74) is 3.05. The van der Waals surface area contributed by atoms with E-state index >= 15 is 0 Å². The number of amides is 1. The highest BCUT2D eigenvalue weighted by Gasteiger charge is 2.34. The fourth-order valence-electron chi connectivity index (χ4n) is 3.89. The van der Waals surface area contributed by atoms with E-state index in [-0.39, 0.29) is 22.1 Å². The molecule has 2 aliphatic heterocycles. The van der Waals surface area contributed by atoms with Gasteiger partial charge in [0.05, 0.1) is 28.9 Å². The summed E-state index contributed by atoms with van der Waals surface area (Å²) >= 11 is 0. The van der Waals surface area contributed by atoms with Crippen molar-refractivity contribution in [3.05, 3.63) is 53.1 Å². The first-order valence-corrected chi connectivity index (χ1v) is 10.4. The Bertz CT molecular complexity index is 1090. The molecule has 8 heteroatoms. The maximum absolute atomic E-state index is 13.3. The van der Waals surface area contributed by atoms with Crippen molar-refractivity contribution in [1.82, 2.24) is 0 Å². The highest BCUT2D eigenvalue weighted by atomic mass is 32.2. The molecule has 0 saturated heterocycles. The third-order valence-electron chi connectivity index (χ3n) is 5.33. The number of rotatable bonds is 4. The molecule has 7 nitrogen and oxygen atoms in total. The van der Waals surface area contributed by atoms with Crippen molar-refractivity contribution in [2.45, 2.75) is 24.2 Å². The number of carbonyl (C=O) groups is 2. The smallest absolute Gasteiger partial charge is 0.340 e. The Balaban J connectivity index is 1.79. The lowest BCUT2D eigenvalue weighted by molar-refractivity contribution is -0.118. The molecule has 1 amide bonds. The number of anilines is 2. The number of carbonyl (C=O) groups excluding carboxylic acids is 2. The molecule has 2 heterocycles. The van der Waals surface area contributed by atoms with E-state index in [1.165, 1.54) is 20.2 Å². The SMILES string of the molecule is COC(=O)c1ccccc1N(C)S(=O)(=O)c1cc2c3c(c1)CCN3C(=O)CC2. The third kappa shape index (κ3) is 2.75.